The third kappa shape index (κ3) is 5.61. The van der Waals surface area contributed by atoms with Gasteiger partial charge < -0.3 is 79.5 Å². The van der Waals surface area contributed by atoms with Crippen molar-refractivity contribution in [3.05, 3.63) is 40.6 Å². The predicted octanol–water partition coefficient (Wildman–Crippen LogP) is -2.71. The summed E-state index contributed by atoms with van der Waals surface area (Å²) in [6.07, 6.45) is -17.6. The number of aliphatic hydroxyl groups excluding tert-OH is 7. The average molecular weight is 627 g/mol. The van der Waals surface area contributed by atoms with Gasteiger partial charge in [0, 0.05) is 17.7 Å². The zero-order valence-electron chi connectivity index (χ0n) is 22.4. The maximum atomic E-state index is 12.9. The highest BCUT2D eigenvalue weighted by molar-refractivity contribution is 5.89. The molecule has 44 heavy (non-hydrogen) atoms. The standard InChI is InChI=1S/C27H30O17/c28-6-15-19(34)22(37)24(39)26(42-15)44-25-23(38)20(35)16(7-29)43-27(25)41-14-5-13-17(21(36)18(14)33)11(32)4-12(40-13)8-1-2-9(30)10(31)3-8/h1-5,15-16,19-20,22-31,33-39H,6-7H2. The Balaban J connectivity index is 1.52. The molecule has 0 aliphatic carbocycles. The molecule has 0 radical (unpaired) electrons. The lowest BCUT2D eigenvalue weighted by atomic mass is 9.97. The quantitative estimate of drug-likeness (QED) is 0.119. The minimum atomic E-state index is -1.93. The molecule has 1 aromatic heterocycles. The molecule has 17 nitrogen and oxygen atoms in total. The molecular weight excluding hydrogens is 596 g/mol. The van der Waals surface area contributed by atoms with Gasteiger partial charge in [0.2, 0.25) is 12.0 Å². The number of hydrogen-bond donors (Lipinski definition) is 11. The number of ether oxygens (including phenoxy) is 4. The van der Waals surface area contributed by atoms with Crippen molar-refractivity contribution in [2.24, 2.45) is 0 Å². The highest BCUT2D eigenvalue weighted by Crippen LogP contribution is 2.43. The van der Waals surface area contributed by atoms with Crippen LogP contribution in [0.1, 0.15) is 0 Å². The summed E-state index contributed by atoms with van der Waals surface area (Å²) in [5.41, 5.74) is -1.00. The van der Waals surface area contributed by atoms with E-state index in [1.165, 1.54) is 6.07 Å². The molecule has 0 spiro atoms. The molecule has 240 valence electrons. The molecule has 0 amide bonds. The highest BCUT2D eigenvalue weighted by Gasteiger charge is 2.51. The molecule has 5 rings (SSSR count). The lowest BCUT2D eigenvalue weighted by molar-refractivity contribution is -0.358. The molecule has 0 saturated carbocycles. The summed E-state index contributed by atoms with van der Waals surface area (Å²) < 4.78 is 27.8. The second-order valence-corrected chi connectivity index (χ2v) is 10.2. The van der Waals surface area contributed by atoms with Crippen molar-refractivity contribution in [3.63, 3.8) is 0 Å². The molecule has 11 N–H and O–H groups in total. The first-order valence-electron chi connectivity index (χ1n) is 13.2. The Morgan fingerprint density at radius 1 is 0.705 bits per heavy atom. The van der Waals surface area contributed by atoms with Crippen LogP contribution in [-0.2, 0) is 14.2 Å². The van der Waals surface area contributed by atoms with Crippen molar-refractivity contribution >= 4 is 11.0 Å². The Bertz CT molecular complexity index is 1560. The van der Waals surface area contributed by atoms with E-state index >= 15 is 0 Å². The summed E-state index contributed by atoms with van der Waals surface area (Å²) in [6.45, 7) is -1.64. The van der Waals surface area contributed by atoms with Crippen molar-refractivity contribution in [2.45, 2.75) is 61.4 Å². The van der Waals surface area contributed by atoms with Gasteiger partial charge in [-0.1, -0.05) is 0 Å². The van der Waals surface area contributed by atoms with Gasteiger partial charge in [-0.3, -0.25) is 4.79 Å². The van der Waals surface area contributed by atoms with Crippen LogP contribution in [0.4, 0.5) is 0 Å². The third-order valence-electron chi connectivity index (χ3n) is 7.40. The molecule has 3 aromatic rings. The fourth-order valence-electron chi connectivity index (χ4n) is 4.93. The van der Waals surface area contributed by atoms with Crippen molar-refractivity contribution < 1.29 is 79.5 Å². The lowest BCUT2D eigenvalue weighted by Crippen LogP contribution is -2.65. The number of phenolic OH excluding ortho intramolecular Hbond substituents is 4. The third-order valence-corrected chi connectivity index (χ3v) is 7.40. The van der Waals surface area contributed by atoms with E-state index < -0.39 is 114 Å². The van der Waals surface area contributed by atoms with Crippen molar-refractivity contribution in [1.29, 1.82) is 0 Å². The Hall–Kier alpha value is -3.75. The van der Waals surface area contributed by atoms with E-state index in [1.54, 1.807) is 0 Å². The SMILES string of the molecule is O=c1cc(-c2ccc(O)c(O)c2)oc2cc(OC3OC(CO)C(O)C(O)C3OC3OC(CO)C(O)C(O)C3O)c(O)c(O)c12. The Morgan fingerprint density at radius 3 is 1.98 bits per heavy atom. The first kappa shape index (κ1) is 31.7. The maximum absolute atomic E-state index is 12.9. The van der Waals surface area contributed by atoms with Gasteiger partial charge in [0.1, 0.15) is 59.5 Å². The number of phenols is 4. The van der Waals surface area contributed by atoms with Gasteiger partial charge in [0.15, 0.2) is 40.8 Å². The van der Waals surface area contributed by atoms with Gasteiger partial charge >= 0.3 is 0 Å². The van der Waals surface area contributed by atoms with Gasteiger partial charge in [-0.25, -0.2) is 0 Å². The summed E-state index contributed by atoms with van der Waals surface area (Å²) in [6, 6.07) is 5.51. The van der Waals surface area contributed by atoms with Gasteiger partial charge in [0.25, 0.3) is 0 Å². The topological polar surface area (TPSA) is 290 Å². The number of benzene rings is 2. The minimum absolute atomic E-state index is 0.120. The van der Waals surface area contributed by atoms with E-state index in [4.69, 9.17) is 23.4 Å². The molecule has 2 saturated heterocycles. The van der Waals surface area contributed by atoms with Crippen LogP contribution < -0.4 is 10.2 Å². The zero-order chi connectivity index (χ0) is 32.0. The lowest BCUT2D eigenvalue weighted by Gasteiger charge is -2.45. The van der Waals surface area contributed by atoms with Gasteiger partial charge in [-0.05, 0) is 18.2 Å². The Labute approximate surface area is 246 Å². The fourth-order valence-corrected chi connectivity index (χ4v) is 4.93. The summed E-state index contributed by atoms with van der Waals surface area (Å²) in [4.78, 5) is 12.9. The zero-order valence-corrected chi connectivity index (χ0v) is 22.4. The summed E-state index contributed by atoms with van der Waals surface area (Å²) in [5, 5.41) is 111. The molecular formula is C27H30O17. The van der Waals surface area contributed by atoms with Gasteiger partial charge in [-0.15, -0.1) is 0 Å². The largest absolute Gasteiger partial charge is 0.504 e. The molecule has 2 aliphatic heterocycles. The van der Waals surface area contributed by atoms with Gasteiger partial charge in [0.05, 0.1) is 13.2 Å². The highest BCUT2D eigenvalue weighted by atomic mass is 16.8. The number of aliphatic hydroxyl groups is 7. The average Bonchev–Trinajstić information content (AvgIpc) is 3.00. The van der Waals surface area contributed by atoms with E-state index in [0.29, 0.717) is 0 Å². The molecule has 0 bridgehead atoms. The fraction of sp³-hybridized carbons (Fsp3) is 0.444. The number of fused-ring (bicyclic) bond motifs is 1. The van der Waals surface area contributed by atoms with Crippen LogP contribution >= 0.6 is 0 Å². The van der Waals surface area contributed by atoms with Crippen LogP contribution in [0.25, 0.3) is 22.3 Å². The van der Waals surface area contributed by atoms with Gasteiger partial charge in [-0.2, -0.15) is 0 Å². The normalized spacial score (nSPS) is 32.5. The van der Waals surface area contributed by atoms with E-state index in [0.717, 1.165) is 24.3 Å². The number of hydrogen-bond acceptors (Lipinski definition) is 17. The molecule has 2 aromatic carbocycles. The summed E-state index contributed by atoms with van der Waals surface area (Å²) >= 11 is 0. The van der Waals surface area contributed by atoms with Crippen LogP contribution in [-0.4, -0.2) is 131 Å². The Kier molecular flexibility index (Phi) is 8.87. The summed E-state index contributed by atoms with van der Waals surface area (Å²) in [7, 11) is 0. The van der Waals surface area contributed by atoms with Crippen LogP contribution in [0.15, 0.2) is 39.5 Å². The molecule has 3 heterocycles. The first-order valence-corrected chi connectivity index (χ1v) is 13.2. The first-order chi connectivity index (χ1) is 20.9. The molecule has 2 aliphatic rings. The van der Waals surface area contributed by atoms with Crippen molar-refractivity contribution in [1.82, 2.24) is 0 Å². The second kappa shape index (κ2) is 12.3. The second-order valence-electron chi connectivity index (χ2n) is 10.2. The molecule has 10 atom stereocenters. The number of aromatic hydroxyl groups is 4. The van der Waals surface area contributed by atoms with Crippen LogP contribution in [0, 0.1) is 0 Å². The van der Waals surface area contributed by atoms with Crippen LogP contribution in [0.2, 0.25) is 0 Å². The Morgan fingerprint density at radius 2 is 1.34 bits per heavy atom. The smallest absolute Gasteiger partial charge is 0.229 e. The monoisotopic (exact) mass is 626 g/mol. The minimum Gasteiger partial charge on any atom is -0.504 e. The maximum Gasteiger partial charge on any atom is 0.229 e. The van der Waals surface area contributed by atoms with Crippen LogP contribution in [0.5, 0.6) is 28.7 Å². The van der Waals surface area contributed by atoms with E-state index in [-0.39, 0.29) is 16.9 Å². The van der Waals surface area contributed by atoms with E-state index in [9.17, 15) is 61.0 Å². The molecule has 2 fully saturated rings. The van der Waals surface area contributed by atoms with Crippen molar-refractivity contribution in [2.75, 3.05) is 13.2 Å². The van der Waals surface area contributed by atoms with Crippen LogP contribution in [0.3, 0.4) is 0 Å². The van der Waals surface area contributed by atoms with E-state index in [2.05, 4.69) is 0 Å². The molecule has 17 heteroatoms. The molecule has 10 unspecified atom stereocenters. The number of rotatable bonds is 7. The predicted molar refractivity (Wildman–Crippen MR) is 142 cm³/mol. The van der Waals surface area contributed by atoms with E-state index in [1.807, 2.05) is 0 Å². The van der Waals surface area contributed by atoms with Crippen molar-refractivity contribution in [3.8, 4) is 40.1 Å². The summed E-state index contributed by atoms with van der Waals surface area (Å²) in [5.74, 6) is -3.65.